The second-order valence-corrected chi connectivity index (χ2v) is 4.16. The Morgan fingerprint density at radius 2 is 1.08 bits per heavy atom. The molecule has 0 unspecified atom stereocenters. The summed E-state index contributed by atoms with van der Waals surface area (Å²) in [5, 5.41) is 0. The van der Waals surface area contributed by atoms with Crippen LogP contribution < -0.4 is 0 Å². The highest BCUT2D eigenvalue weighted by atomic mass is 19.1. The van der Waals surface area contributed by atoms with Gasteiger partial charge in [0.15, 0.2) is 0 Å². The lowest BCUT2D eigenvalue weighted by molar-refractivity contribution is 0.350. The zero-order valence-corrected chi connectivity index (χ0v) is 13.2. The molecule has 0 aromatic rings. The summed E-state index contributed by atoms with van der Waals surface area (Å²) in [6, 6.07) is 0. The minimum absolute atomic E-state index is 0.297. The van der Waals surface area contributed by atoms with Crippen molar-refractivity contribution in [1.82, 2.24) is 0 Å². The lowest BCUT2D eigenvalue weighted by atomic mass is 10.2. The first-order valence-electron chi connectivity index (χ1n) is 7.16. The van der Waals surface area contributed by atoms with E-state index in [2.05, 4.69) is 20.0 Å². The molecule has 8 nitrogen and oxygen atoms in total. The number of aliphatic imine (C=N–C) groups is 4. The van der Waals surface area contributed by atoms with E-state index in [1.54, 1.807) is 0 Å². The van der Waals surface area contributed by atoms with Gasteiger partial charge in [-0.15, -0.1) is 0 Å². The van der Waals surface area contributed by atoms with Crippen molar-refractivity contribution in [2.75, 3.05) is 26.2 Å². The fourth-order valence-corrected chi connectivity index (χ4v) is 1.23. The van der Waals surface area contributed by atoms with Crippen molar-refractivity contribution in [2.45, 2.75) is 31.9 Å². The van der Waals surface area contributed by atoms with Crippen LogP contribution in [0.15, 0.2) is 32.1 Å². The maximum absolute atomic E-state index is 12.2. The van der Waals surface area contributed by atoms with Gasteiger partial charge >= 0.3 is 0 Å². The number of alkyl halides is 1. The van der Waals surface area contributed by atoms with Crippen molar-refractivity contribution in [3.05, 3.63) is 12.2 Å². The summed E-state index contributed by atoms with van der Waals surface area (Å²) >= 11 is 0. The van der Waals surface area contributed by atoms with Crippen molar-refractivity contribution in [2.24, 2.45) is 20.0 Å². The maximum Gasteiger partial charge on any atom is 0.235 e. The Balaban J connectivity index is 0. The van der Waals surface area contributed by atoms with E-state index in [9.17, 15) is 23.6 Å². The Hall–Kier alpha value is -2.81. The molecule has 0 heterocycles. The third kappa shape index (κ3) is 24.2. The third-order valence-corrected chi connectivity index (χ3v) is 2.29. The molecule has 0 radical (unpaired) electrons. The SMILES string of the molecule is O=C=NCC(F)CN=C=O.O=C=NCCCC=CCCCN=C=O. The van der Waals surface area contributed by atoms with Gasteiger partial charge in [0.05, 0.1) is 26.2 Å². The van der Waals surface area contributed by atoms with E-state index in [-0.39, 0.29) is 13.1 Å². The number of rotatable bonds is 12. The first kappa shape index (κ1) is 23.5. The Labute approximate surface area is 139 Å². The highest BCUT2D eigenvalue weighted by molar-refractivity contribution is 5.34. The van der Waals surface area contributed by atoms with Crippen LogP contribution in [0, 0.1) is 0 Å². The molecule has 0 N–H and O–H groups in total. The summed E-state index contributed by atoms with van der Waals surface area (Å²) in [5.41, 5.74) is 0. The van der Waals surface area contributed by atoms with E-state index in [0.717, 1.165) is 25.7 Å². The second kappa shape index (κ2) is 22.5. The molecule has 0 saturated heterocycles. The minimum Gasteiger partial charge on any atom is -0.243 e. The summed E-state index contributed by atoms with van der Waals surface area (Å²) in [5.74, 6) is 0. The third-order valence-electron chi connectivity index (χ3n) is 2.29. The Bertz CT molecular complexity index is 482. The fraction of sp³-hybridized carbons (Fsp3) is 0.600. The molecule has 0 bridgehead atoms. The van der Waals surface area contributed by atoms with E-state index in [4.69, 9.17) is 0 Å². The van der Waals surface area contributed by atoms with E-state index < -0.39 is 6.17 Å². The molecule has 9 heteroatoms. The predicted molar refractivity (Wildman–Crippen MR) is 84.5 cm³/mol. The number of hydrogen-bond acceptors (Lipinski definition) is 8. The highest BCUT2D eigenvalue weighted by Crippen LogP contribution is 1.96. The average molecular weight is 338 g/mol. The van der Waals surface area contributed by atoms with Crippen molar-refractivity contribution in [3.8, 4) is 0 Å². The van der Waals surface area contributed by atoms with Crippen LogP contribution in [0.2, 0.25) is 0 Å². The van der Waals surface area contributed by atoms with Crippen LogP contribution >= 0.6 is 0 Å². The van der Waals surface area contributed by atoms with Crippen LogP contribution in [0.1, 0.15) is 25.7 Å². The van der Waals surface area contributed by atoms with Gasteiger partial charge in [-0.2, -0.15) is 0 Å². The van der Waals surface area contributed by atoms with Crippen LogP contribution in [0.3, 0.4) is 0 Å². The molecule has 0 spiro atoms. The molecule has 0 fully saturated rings. The van der Waals surface area contributed by atoms with Crippen LogP contribution in [0.25, 0.3) is 0 Å². The standard InChI is InChI=1S/C10H14N2O2.C5H5FN2O2/c13-9-11-7-5-3-1-2-4-6-8-12-10-14;6-5(1-7-3-9)2-8-4-10/h1-2H,3-8H2;5H,1-2H2. The number of carbonyl (C=O) groups excluding carboxylic acids is 4. The lowest BCUT2D eigenvalue weighted by Crippen LogP contribution is -2.08. The van der Waals surface area contributed by atoms with Crippen molar-refractivity contribution >= 4 is 24.3 Å². The van der Waals surface area contributed by atoms with Crippen LogP contribution in [-0.4, -0.2) is 56.7 Å². The molecule has 24 heavy (non-hydrogen) atoms. The molecule has 0 aliphatic heterocycles. The van der Waals surface area contributed by atoms with Crippen molar-refractivity contribution in [3.63, 3.8) is 0 Å². The Kier molecular flexibility index (Phi) is 22.0. The van der Waals surface area contributed by atoms with Crippen molar-refractivity contribution in [1.29, 1.82) is 0 Å². The van der Waals surface area contributed by atoms with E-state index in [1.165, 1.54) is 24.3 Å². The van der Waals surface area contributed by atoms with Crippen LogP contribution in [-0.2, 0) is 19.2 Å². The first-order chi connectivity index (χ1) is 11.7. The number of allylic oxidation sites excluding steroid dienone is 2. The monoisotopic (exact) mass is 338 g/mol. The van der Waals surface area contributed by atoms with Gasteiger partial charge in [-0.05, 0) is 25.7 Å². The quantitative estimate of drug-likeness (QED) is 0.233. The highest BCUT2D eigenvalue weighted by Gasteiger charge is 2.02. The molecular weight excluding hydrogens is 319 g/mol. The summed E-state index contributed by atoms with van der Waals surface area (Å²) < 4.78 is 12.2. The second-order valence-electron chi connectivity index (χ2n) is 4.16. The topological polar surface area (TPSA) is 118 Å². The number of isocyanates is 4. The molecule has 130 valence electrons. The minimum atomic E-state index is -1.39. The fourth-order valence-electron chi connectivity index (χ4n) is 1.23. The number of nitrogens with zero attached hydrogens (tertiary/aromatic N) is 4. The summed E-state index contributed by atoms with van der Waals surface area (Å²) in [6.07, 6.45) is 11.6. The van der Waals surface area contributed by atoms with Gasteiger partial charge in [-0.1, -0.05) is 12.2 Å². The molecule has 0 amide bonds. The lowest BCUT2D eigenvalue weighted by Gasteiger charge is -1.94. The Morgan fingerprint density at radius 1 is 0.708 bits per heavy atom. The number of unbranched alkanes of at least 4 members (excludes halogenated alkanes) is 2. The average Bonchev–Trinajstić information content (AvgIpc) is 2.60. The molecule has 0 rings (SSSR count). The van der Waals surface area contributed by atoms with Gasteiger partial charge in [0.1, 0.15) is 6.17 Å². The van der Waals surface area contributed by atoms with Crippen molar-refractivity contribution < 1.29 is 23.6 Å². The molecule has 0 aliphatic carbocycles. The van der Waals surface area contributed by atoms with Gasteiger partial charge in [0.25, 0.3) is 0 Å². The maximum atomic E-state index is 12.2. The van der Waals surface area contributed by atoms with Gasteiger partial charge in [0.2, 0.25) is 24.3 Å². The number of hydrogen-bond donors (Lipinski definition) is 0. The molecule has 0 aromatic heterocycles. The van der Waals surface area contributed by atoms with Gasteiger partial charge in [-0.25, -0.2) is 43.5 Å². The van der Waals surface area contributed by atoms with E-state index in [1.807, 2.05) is 12.2 Å². The van der Waals surface area contributed by atoms with Crippen LogP contribution in [0.4, 0.5) is 4.39 Å². The summed E-state index contributed by atoms with van der Waals surface area (Å²) in [7, 11) is 0. The predicted octanol–water partition coefficient (Wildman–Crippen LogP) is 1.77. The zero-order chi connectivity index (χ0) is 18.3. The first-order valence-corrected chi connectivity index (χ1v) is 7.16. The molecule has 0 aliphatic rings. The van der Waals surface area contributed by atoms with Gasteiger partial charge < -0.3 is 0 Å². The van der Waals surface area contributed by atoms with Crippen LogP contribution in [0.5, 0.6) is 0 Å². The smallest absolute Gasteiger partial charge is 0.235 e. The molecule has 0 atom stereocenters. The van der Waals surface area contributed by atoms with Gasteiger partial charge in [0, 0.05) is 0 Å². The molecule has 0 aromatic carbocycles. The zero-order valence-electron chi connectivity index (χ0n) is 13.2. The Morgan fingerprint density at radius 3 is 1.42 bits per heavy atom. The van der Waals surface area contributed by atoms with Gasteiger partial charge in [-0.3, -0.25) is 0 Å². The molecule has 0 saturated carbocycles. The summed E-state index contributed by atoms with van der Waals surface area (Å²) in [6.45, 7) is 0.496. The summed E-state index contributed by atoms with van der Waals surface area (Å²) in [4.78, 5) is 51.0. The van der Waals surface area contributed by atoms with E-state index >= 15 is 0 Å². The normalized spacial score (nSPS) is 10.0. The largest absolute Gasteiger partial charge is 0.243 e. The van der Waals surface area contributed by atoms with E-state index in [0.29, 0.717) is 13.1 Å². The number of halogens is 1. The molecular formula is C15H19FN4O4.